The van der Waals surface area contributed by atoms with Gasteiger partial charge in [0, 0.05) is 6.04 Å². The highest BCUT2D eigenvalue weighted by Crippen LogP contribution is 2.27. The second-order valence-electron chi connectivity index (χ2n) is 6.02. The molecule has 0 radical (unpaired) electrons. The van der Waals surface area contributed by atoms with Gasteiger partial charge in [0.1, 0.15) is 0 Å². The van der Waals surface area contributed by atoms with Crippen LogP contribution in [0.1, 0.15) is 42.4 Å². The Kier molecular flexibility index (Phi) is 4.86. The van der Waals surface area contributed by atoms with Gasteiger partial charge in [-0.25, -0.2) is 8.42 Å². The molecule has 1 aliphatic rings. The summed E-state index contributed by atoms with van der Waals surface area (Å²) in [5.41, 5.74) is 3.18. The molecule has 1 aliphatic carbocycles. The number of hydrogen-bond acceptors (Lipinski definition) is 3. The van der Waals surface area contributed by atoms with Crippen LogP contribution < -0.4 is 5.32 Å². The van der Waals surface area contributed by atoms with E-state index in [2.05, 4.69) is 11.4 Å². The van der Waals surface area contributed by atoms with E-state index in [1.807, 2.05) is 33.0 Å². The third-order valence-corrected chi connectivity index (χ3v) is 6.41. The van der Waals surface area contributed by atoms with Gasteiger partial charge >= 0.3 is 0 Å². The first-order valence-corrected chi connectivity index (χ1v) is 9.10. The zero-order valence-corrected chi connectivity index (χ0v) is 13.5. The van der Waals surface area contributed by atoms with Gasteiger partial charge in [0.05, 0.1) is 11.0 Å². The van der Waals surface area contributed by atoms with E-state index in [0.29, 0.717) is 0 Å². The molecule has 1 saturated carbocycles. The lowest BCUT2D eigenvalue weighted by Crippen LogP contribution is -2.45. The molecule has 1 fully saturated rings. The van der Waals surface area contributed by atoms with Crippen molar-refractivity contribution in [2.45, 2.75) is 56.6 Å². The molecule has 2 rings (SSSR count). The average molecular weight is 295 g/mol. The Balaban J connectivity index is 2.21. The molecule has 1 N–H and O–H groups in total. The Labute approximate surface area is 122 Å². The maximum absolute atomic E-state index is 12.7. The van der Waals surface area contributed by atoms with Crippen molar-refractivity contribution in [3.63, 3.8) is 0 Å². The fraction of sp³-hybridized carbons (Fsp3) is 0.625. The van der Waals surface area contributed by atoms with E-state index < -0.39 is 9.84 Å². The molecule has 112 valence electrons. The molecule has 0 bridgehead atoms. The van der Waals surface area contributed by atoms with Crippen molar-refractivity contribution in [1.82, 2.24) is 5.32 Å². The molecule has 0 heterocycles. The van der Waals surface area contributed by atoms with Gasteiger partial charge in [0.2, 0.25) is 0 Å². The van der Waals surface area contributed by atoms with Crippen LogP contribution in [0.15, 0.2) is 18.2 Å². The summed E-state index contributed by atoms with van der Waals surface area (Å²) in [6.07, 6.45) is 3.90. The Morgan fingerprint density at radius 2 is 1.70 bits per heavy atom. The van der Waals surface area contributed by atoms with Crippen LogP contribution in [0.4, 0.5) is 0 Å². The lowest BCUT2D eigenvalue weighted by Gasteiger charge is -2.31. The Hall–Kier alpha value is -0.870. The highest BCUT2D eigenvalue weighted by atomic mass is 32.2. The molecule has 1 aromatic rings. The normalized spacial score (nSPS) is 23.8. The van der Waals surface area contributed by atoms with Crippen LogP contribution >= 0.6 is 0 Å². The predicted octanol–water partition coefficient (Wildman–Crippen LogP) is 2.75. The van der Waals surface area contributed by atoms with Crippen molar-refractivity contribution in [2.24, 2.45) is 0 Å². The molecular weight excluding hydrogens is 270 g/mol. The number of sulfone groups is 1. The van der Waals surface area contributed by atoms with E-state index >= 15 is 0 Å². The van der Waals surface area contributed by atoms with E-state index in [1.54, 1.807) is 0 Å². The zero-order valence-electron chi connectivity index (χ0n) is 12.6. The Bertz CT molecular complexity index is 546. The van der Waals surface area contributed by atoms with Crippen LogP contribution in [0.3, 0.4) is 0 Å². The first-order chi connectivity index (χ1) is 9.42. The monoisotopic (exact) mass is 295 g/mol. The minimum Gasteiger partial charge on any atom is -0.316 e. The maximum atomic E-state index is 12.7. The average Bonchev–Trinajstić information content (AvgIpc) is 2.36. The van der Waals surface area contributed by atoms with Crippen LogP contribution in [0, 0.1) is 13.8 Å². The van der Waals surface area contributed by atoms with Crippen molar-refractivity contribution >= 4 is 9.84 Å². The second kappa shape index (κ2) is 6.27. The first-order valence-electron chi connectivity index (χ1n) is 7.38. The van der Waals surface area contributed by atoms with Crippen LogP contribution in [-0.4, -0.2) is 26.8 Å². The number of benzene rings is 1. The standard InChI is InChI=1S/C16H25NO2S/c1-12-8-13(2)10-14(9-12)11-20(18,19)16-7-5-4-6-15(16)17-3/h8-10,15-17H,4-7,11H2,1-3H3. The molecule has 0 saturated heterocycles. The molecule has 0 aliphatic heterocycles. The number of aryl methyl sites for hydroxylation is 2. The molecule has 20 heavy (non-hydrogen) atoms. The SMILES string of the molecule is CNC1CCCCC1S(=O)(=O)Cc1cc(C)cc(C)c1. The predicted molar refractivity (Wildman–Crippen MR) is 83.6 cm³/mol. The van der Waals surface area contributed by atoms with E-state index in [4.69, 9.17) is 0 Å². The smallest absolute Gasteiger partial charge is 0.158 e. The van der Waals surface area contributed by atoms with Gasteiger partial charge in [-0.3, -0.25) is 0 Å². The molecule has 1 aromatic carbocycles. The van der Waals surface area contributed by atoms with Crippen molar-refractivity contribution in [2.75, 3.05) is 7.05 Å². The minimum atomic E-state index is -3.09. The van der Waals surface area contributed by atoms with Gasteiger partial charge < -0.3 is 5.32 Å². The summed E-state index contributed by atoms with van der Waals surface area (Å²) >= 11 is 0. The molecule has 0 aromatic heterocycles. The molecule has 0 spiro atoms. The lowest BCUT2D eigenvalue weighted by atomic mass is 9.95. The van der Waals surface area contributed by atoms with Gasteiger partial charge in [-0.2, -0.15) is 0 Å². The molecule has 3 nitrogen and oxygen atoms in total. The topological polar surface area (TPSA) is 46.2 Å². The lowest BCUT2D eigenvalue weighted by molar-refractivity contribution is 0.389. The van der Waals surface area contributed by atoms with Gasteiger partial charge in [-0.05, 0) is 39.3 Å². The molecule has 2 atom stereocenters. The number of hydrogen-bond donors (Lipinski definition) is 1. The summed E-state index contributed by atoms with van der Waals surface area (Å²) in [6, 6.07) is 6.16. The van der Waals surface area contributed by atoms with Gasteiger partial charge in [-0.15, -0.1) is 0 Å². The van der Waals surface area contributed by atoms with Crippen molar-refractivity contribution < 1.29 is 8.42 Å². The van der Waals surface area contributed by atoms with Crippen LogP contribution in [-0.2, 0) is 15.6 Å². The highest BCUT2D eigenvalue weighted by molar-refractivity contribution is 7.91. The van der Waals surface area contributed by atoms with Crippen molar-refractivity contribution in [3.05, 3.63) is 34.9 Å². The third-order valence-electron chi connectivity index (χ3n) is 4.18. The van der Waals surface area contributed by atoms with Crippen molar-refractivity contribution in [3.8, 4) is 0 Å². The van der Waals surface area contributed by atoms with E-state index in [1.165, 1.54) is 0 Å². The highest BCUT2D eigenvalue weighted by Gasteiger charge is 2.34. The van der Waals surface area contributed by atoms with Gasteiger partial charge in [-0.1, -0.05) is 42.2 Å². The zero-order chi connectivity index (χ0) is 14.8. The largest absolute Gasteiger partial charge is 0.316 e. The Morgan fingerprint density at radius 1 is 1.10 bits per heavy atom. The summed E-state index contributed by atoms with van der Waals surface area (Å²) in [7, 11) is -1.22. The van der Waals surface area contributed by atoms with E-state index in [9.17, 15) is 8.42 Å². The van der Waals surface area contributed by atoms with Crippen LogP contribution in [0.25, 0.3) is 0 Å². The third kappa shape index (κ3) is 3.61. The fourth-order valence-corrected chi connectivity index (χ4v) is 5.49. The summed E-state index contributed by atoms with van der Waals surface area (Å²) < 4.78 is 25.4. The minimum absolute atomic E-state index is 0.111. The van der Waals surface area contributed by atoms with Crippen LogP contribution in [0.5, 0.6) is 0 Å². The number of nitrogens with one attached hydrogen (secondary N) is 1. The maximum Gasteiger partial charge on any atom is 0.158 e. The first kappa shape index (κ1) is 15.5. The number of rotatable bonds is 4. The Morgan fingerprint density at radius 3 is 2.30 bits per heavy atom. The van der Waals surface area contributed by atoms with Gasteiger partial charge in [0.15, 0.2) is 9.84 Å². The summed E-state index contributed by atoms with van der Waals surface area (Å²) in [5.74, 6) is 0.165. The fourth-order valence-electron chi connectivity index (χ4n) is 3.35. The summed E-state index contributed by atoms with van der Waals surface area (Å²) in [5, 5.41) is 2.96. The second-order valence-corrected chi connectivity index (χ2v) is 8.24. The molecule has 4 heteroatoms. The summed E-state index contributed by atoms with van der Waals surface area (Å²) in [4.78, 5) is 0. The van der Waals surface area contributed by atoms with Crippen LogP contribution in [0.2, 0.25) is 0 Å². The van der Waals surface area contributed by atoms with E-state index in [-0.39, 0.29) is 17.0 Å². The van der Waals surface area contributed by atoms with Gasteiger partial charge in [0.25, 0.3) is 0 Å². The summed E-state index contributed by atoms with van der Waals surface area (Å²) in [6.45, 7) is 4.03. The van der Waals surface area contributed by atoms with E-state index in [0.717, 1.165) is 42.4 Å². The molecular formula is C16H25NO2S. The molecule has 2 unspecified atom stereocenters. The molecule has 0 amide bonds. The quantitative estimate of drug-likeness (QED) is 0.929. The van der Waals surface area contributed by atoms with Crippen molar-refractivity contribution in [1.29, 1.82) is 0 Å².